The molecule has 0 atom stereocenters. The van der Waals surface area contributed by atoms with Crippen molar-refractivity contribution >= 4 is 41.2 Å². The molecule has 9 heteroatoms. The first-order valence-electron chi connectivity index (χ1n) is 7.21. The Hall–Kier alpha value is -3.33. The third-order valence-corrected chi connectivity index (χ3v) is 4.27. The molecule has 0 heterocycles. The summed E-state index contributed by atoms with van der Waals surface area (Å²) in [6.07, 6.45) is 0. The number of carbonyl (C=O) groups is 4. The fraction of sp³-hybridized carbons (Fsp3) is 0.0588. The Morgan fingerprint density at radius 2 is 1.58 bits per heavy atom. The minimum absolute atomic E-state index is 0.129. The SMILES string of the molecule is NC(=O)CSc1ccc(NC(=O)c2ccc(C(=O)O)cc2C(=O)O)cc1. The molecule has 0 unspecified atom stereocenters. The number of amides is 2. The van der Waals surface area contributed by atoms with Crippen molar-refractivity contribution in [3.05, 3.63) is 59.2 Å². The van der Waals surface area contributed by atoms with Gasteiger partial charge in [0.1, 0.15) is 0 Å². The zero-order valence-corrected chi connectivity index (χ0v) is 14.1. The van der Waals surface area contributed by atoms with Crippen molar-refractivity contribution in [1.82, 2.24) is 0 Å². The van der Waals surface area contributed by atoms with Gasteiger partial charge in [-0.05, 0) is 42.5 Å². The van der Waals surface area contributed by atoms with Crippen molar-refractivity contribution in [2.75, 3.05) is 11.1 Å². The van der Waals surface area contributed by atoms with Crippen LogP contribution in [0.2, 0.25) is 0 Å². The van der Waals surface area contributed by atoms with Crippen molar-refractivity contribution in [2.45, 2.75) is 4.90 Å². The number of anilines is 1. The summed E-state index contributed by atoms with van der Waals surface area (Å²) in [6.45, 7) is 0. The van der Waals surface area contributed by atoms with Crippen LogP contribution in [0.4, 0.5) is 5.69 Å². The molecule has 2 aromatic carbocycles. The lowest BCUT2D eigenvalue weighted by atomic mass is 10.0. The number of rotatable bonds is 7. The van der Waals surface area contributed by atoms with E-state index in [9.17, 15) is 24.3 Å². The molecule has 2 aromatic rings. The van der Waals surface area contributed by atoms with Gasteiger partial charge in [-0.25, -0.2) is 9.59 Å². The second kappa shape index (κ2) is 8.17. The molecule has 134 valence electrons. The fourth-order valence-electron chi connectivity index (χ4n) is 2.04. The van der Waals surface area contributed by atoms with Gasteiger partial charge in [0, 0.05) is 10.6 Å². The summed E-state index contributed by atoms with van der Waals surface area (Å²) in [7, 11) is 0. The van der Waals surface area contributed by atoms with E-state index in [1.165, 1.54) is 11.8 Å². The van der Waals surface area contributed by atoms with E-state index < -0.39 is 29.3 Å². The normalized spacial score (nSPS) is 10.2. The maximum atomic E-state index is 12.3. The minimum atomic E-state index is -1.41. The maximum Gasteiger partial charge on any atom is 0.336 e. The Morgan fingerprint density at radius 1 is 0.923 bits per heavy atom. The van der Waals surface area contributed by atoms with Crippen LogP contribution in [-0.4, -0.2) is 39.7 Å². The van der Waals surface area contributed by atoms with Gasteiger partial charge in [-0.1, -0.05) is 0 Å². The molecule has 0 aliphatic carbocycles. The highest BCUT2D eigenvalue weighted by Gasteiger charge is 2.19. The van der Waals surface area contributed by atoms with Crippen LogP contribution in [0.15, 0.2) is 47.4 Å². The van der Waals surface area contributed by atoms with Crippen LogP contribution in [0.5, 0.6) is 0 Å². The van der Waals surface area contributed by atoms with Gasteiger partial charge < -0.3 is 21.3 Å². The van der Waals surface area contributed by atoms with Gasteiger partial charge in [-0.2, -0.15) is 0 Å². The van der Waals surface area contributed by atoms with E-state index in [-0.39, 0.29) is 16.9 Å². The Kier molecular flexibility index (Phi) is 5.97. The summed E-state index contributed by atoms with van der Waals surface area (Å²) >= 11 is 1.24. The van der Waals surface area contributed by atoms with E-state index in [4.69, 9.17) is 10.8 Å². The smallest absolute Gasteiger partial charge is 0.336 e. The largest absolute Gasteiger partial charge is 0.478 e. The van der Waals surface area contributed by atoms with Gasteiger partial charge in [-0.15, -0.1) is 11.8 Å². The van der Waals surface area contributed by atoms with Crippen LogP contribution in [0.1, 0.15) is 31.1 Å². The standard InChI is InChI=1S/C17H14N2O6S/c18-14(20)8-26-11-4-2-10(3-5-11)19-15(21)12-6-1-9(16(22)23)7-13(12)17(24)25/h1-7H,8H2,(H2,18,20)(H,19,21)(H,22,23)(H,24,25). The monoisotopic (exact) mass is 374 g/mol. The van der Waals surface area contributed by atoms with E-state index in [2.05, 4.69) is 5.32 Å². The van der Waals surface area contributed by atoms with Gasteiger partial charge in [-0.3, -0.25) is 9.59 Å². The average molecular weight is 374 g/mol. The number of hydrogen-bond acceptors (Lipinski definition) is 5. The Balaban J connectivity index is 2.18. The number of nitrogens with one attached hydrogen (secondary N) is 1. The summed E-state index contributed by atoms with van der Waals surface area (Å²) < 4.78 is 0. The Bertz CT molecular complexity index is 879. The number of benzene rings is 2. The predicted octanol–water partition coefficient (Wildman–Crippen LogP) is 1.91. The van der Waals surface area contributed by atoms with Gasteiger partial charge in [0.25, 0.3) is 5.91 Å². The summed E-state index contributed by atoms with van der Waals surface area (Å²) in [4.78, 5) is 46.1. The molecular formula is C17H14N2O6S. The second-order valence-corrected chi connectivity index (χ2v) is 6.15. The zero-order valence-electron chi connectivity index (χ0n) is 13.3. The number of carboxylic acids is 2. The molecule has 0 aliphatic heterocycles. The molecule has 5 N–H and O–H groups in total. The first-order chi connectivity index (χ1) is 12.3. The maximum absolute atomic E-state index is 12.3. The van der Waals surface area contributed by atoms with E-state index >= 15 is 0 Å². The first-order valence-corrected chi connectivity index (χ1v) is 8.19. The van der Waals surface area contributed by atoms with Gasteiger partial charge >= 0.3 is 11.9 Å². The quantitative estimate of drug-likeness (QED) is 0.541. The summed E-state index contributed by atoms with van der Waals surface area (Å²) in [5.41, 5.74) is 4.69. The lowest BCUT2D eigenvalue weighted by molar-refractivity contribution is -0.115. The minimum Gasteiger partial charge on any atom is -0.478 e. The molecule has 0 saturated carbocycles. The lowest BCUT2D eigenvalue weighted by Crippen LogP contribution is -2.17. The number of nitrogens with two attached hydrogens (primary N) is 1. The van der Waals surface area contributed by atoms with Crippen molar-refractivity contribution in [1.29, 1.82) is 0 Å². The Labute approximate surface area is 152 Å². The first kappa shape index (κ1) is 19.0. The van der Waals surface area contributed by atoms with Crippen molar-refractivity contribution in [2.24, 2.45) is 5.73 Å². The van der Waals surface area contributed by atoms with Crippen LogP contribution in [0.3, 0.4) is 0 Å². The lowest BCUT2D eigenvalue weighted by Gasteiger charge is -2.09. The molecule has 2 amide bonds. The fourth-order valence-corrected chi connectivity index (χ4v) is 2.68. The van der Waals surface area contributed by atoms with Gasteiger partial charge in [0.05, 0.1) is 22.4 Å². The summed E-state index contributed by atoms with van der Waals surface area (Å²) in [5, 5.41) is 20.7. The Morgan fingerprint density at radius 3 is 2.12 bits per heavy atom. The highest BCUT2D eigenvalue weighted by Crippen LogP contribution is 2.21. The molecule has 0 fully saturated rings. The van der Waals surface area contributed by atoms with Gasteiger partial charge in [0.15, 0.2) is 0 Å². The summed E-state index contributed by atoms with van der Waals surface area (Å²) in [6, 6.07) is 9.78. The summed E-state index contributed by atoms with van der Waals surface area (Å²) in [5.74, 6) is -3.70. The van der Waals surface area contributed by atoms with Crippen LogP contribution in [0.25, 0.3) is 0 Å². The molecule has 26 heavy (non-hydrogen) atoms. The van der Waals surface area contributed by atoms with Crippen LogP contribution in [0, 0.1) is 0 Å². The number of hydrogen-bond donors (Lipinski definition) is 4. The van der Waals surface area contributed by atoms with E-state index in [1.807, 2.05) is 0 Å². The van der Waals surface area contributed by atoms with Gasteiger partial charge in [0.2, 0.25) is 5.91 Å². The highest BCUT2D eigenvalue weighted by atomic mass is 32.2. The molecular weight excluding hydrogens is 360 g/mol. The number of carboxylic acid groups (broad SMARTS) is 2. The molecule has 0 spiro atoms. The number of aromatic carboxylic acids is 2. The second-order valence-electron chi connectivity index (χ2n) is 5.10. The van der Waals surface area contributed by atoms with E-state index in [0.717, 1.165) is 23.1 Å². The molecule has 8 nitrogen and oxygen atoms in total. The predicted molar refractivity (Wildman–Crippen MR) is 94.7 cm³/mol. The van der Waals surface area contributed by atoms with Crippen LogP contribution < -0.4 is 11.1 Å². The third-order valence-electron chi connectivity index (χ3n) is 3.23. The van der Waals surface area contributed by atoms with Crippen LogP contribution in [-0.2, 0) is 4.79 Å². The molecule has 2 rings (SSSR count). The topological polar surface area (TPSA) is 147 Å². The number of primary amides is 1. The number of carbonyl (C=O) groups excluding carboxylic acids is 2. The highest BCUT2D eigenvalue weighted by molar-refractivity contribution is 8.00. The van der Waals surface area contributed by atoms with E-state index in [0.29, 0.717) is 5.69 Å². The third kappa shape index (κ3) is 4.84. The molecule has 0 aromatic heterocycles. The molecule has 0 saturated heterocycles. The molecule has 0 bridgehead atoms. The molecule has 0 aliphatic rings. The van der Waals surface area contributed by atoms with Crippen molar-refractivity contribution in [3.8, 4) is 0 Å². The average Bonchev–Trinajstić information content (AvgIpc) is 2.60. The molecule has 0 radical (unpaired) electrons. The number of thioether (sulfide) groups is 1. The zero-order chi connectivity index (χ0) is 19.3. The van der Waals surface area contributed by atoms with Crippen molar-refractivity contribution < 1.29 is 29.4 Å². The van der Waals surface area contributed by atoms with E-state index in [1.54, 1.807) is 24.3 Å². The van der Waals surface area contributed by atoms with Crippen LogP contribution >= 0.6 is 11.8 Å². The van der Waals surface area contributed by atoms with Crippen molar-refractivity contribution in [3.63, 3.8) is 0 Å².